The van der Waals surface area contributed by atoms with Crippen molar-refractivity contribution in [2.24, 2.45) is 11.8 Å². The number of hydrogen-bond acceptors (Lipinski definition) is 7. The number of piperidine rings is 1. The molecule has 2 aromatic heterocycles. The van der Waals surface area contributed by atoms with E-state index in [0.29, 0.717) is 50.6 Å². The monoisotopic (exact) mass is 542 g/mol. The summed E-state index contributed by atoms with van der Waals surface area (Å²) in [4.78, 5) is 43.1. The van der Waals surface area contributed by atoms with Gasteiger partial charge >= 0.3 is 6.18 Å². The van der Waals surface area contributed by atoms with Crippen molar-refractivity contribution in [3.05, 3.63) is 58.3 Å². The lowest BCUT2D eigenvalue weighted by molar-refractivity contribution is -0.138. The molecule has 3 aliphatic rings. The summed E-state index contributed by atoms with van der Waals surface area (Å²) in [6.45, 7) is 2.55. The van der Waals surface area contributed by atoms with E-state index in [-0.39, 0.29) is 23.7 Å². The van der Waals surface area contributed by atoms with Crippen molar-refractivity contribution in [2.75, 3.05) is 36.0 Å². The van der Waals surface area contributed by atoms with Gasteiger partial charge in [-0.25, -0.2) is 15.0 Å². The Kier molecular flexibility index (Phi) is 6.29. The van der Waals surface area contributed by atoms with E-state index in [9.17, 15) is 22.8 Å². The SMILES string of the molecule is O=C(c1cscn1)N1CCC([C@@H]2CC(=O)N(c3ccc4c(c3)CCN4c3ncc(C(F)(F)F)cn3)C2)CC1. The zero-order chi connectivity index (χ0) is 26.4. The molecule has 2 amide bonds. The van der Waals surface area contributed by atoms with E-state index in [4.69, 9.17) is 0 Å². The highest BCUT2D eigenvalue weighted by molar-refractivity contribution is 7.07. The van der Waals surface area contributed by atoms with Gasteiger partial charge in [0.2, 0.25) is 11.9 Å². The molecule has 0 saturated carbocycles. The van der Waals surface area contributed by atoms with Crippen LogP contribution < -0.4 is 9.80 Å². The average Bonchev–Trinajstić information content (AvgIpc) is 3.68. The molecule has 2 saturated heterocycles. The number of carbonyl (C=O) groups is 2. The fraction of sp³-hybridized carbons (Fsp3) is 0.423. The second-order valence-electron chi connectivity index (χ2n) is 9.96. The third-order valence-corrected chi connectivity index (χ3v) is 8.36. The molecule has 3 aliphatic heterocycles. The van der Waals surface area contributed by atoms with Crippen molar-refractivity contribution in [3.63, 3.8) is 0 Å². The number of rotatable bonds is 4. The van der Waals surface area contributed by atoms with Crippen molar-refractivity contribution in [1.82, 2.24) is 19.9 Å². The van der Waals surface area contributed by atoms with Crippen molar-refractivity contribution >= 4 is 40.5 Å². The molecule has 5 heterocycles. The number of carbonyl (C=O) groups excluding carboxylic acids is 2. The summed E-state index contributed by atoms with van der Waals surface area (Å²) in [5.74, 6) is 0.912. The molecule has 0 spiro atoms. The second kappa shape index (κ2) is 9.64. The molecule has 38 heavy (non-hydrogen) atoms. The number of amides is 2. The molecule has 6 rings (SSSR count). The number of benzene rings is 1. The molecule has 0 radical (unpaired) electrons. The van der Waals surface area contributed by atoms with Gasteiger partial charge < -0.3 is 14.7 Å². The molecule has 0 bridgehead atoms. The third kappa shape index (κ3) is 4.61. The number of hydrogen-bond donors (Lipinski definition) is 0. The normalized spacial score (nSPS) is 20.3. The van der Waals surface area contributed by atoms with Gasteiger partial charge in [-0.15, -0.1) is 11.3 Å². The standard InChI is InChI=1S/C26H25F3N6O2S/c27-26(28,29)19-11-30-25(31-12-19)34-8-5-17-9-20(1-2-22(17)34)35-13-18(10-23(35)36)16-3-6-33(7-4-16)24(37)21-14-38-15-32-21/h1-2,9,11-12,14-16,18H,3-8,10,13H2/t18-/m1/s1. The highest BCUT2D eigenvalue weighted by atomic mass is 32.1. The second-order valence-corrected chi connectivity index (χ2v) is 10.7. The van der Waals surface area contributed by atoms with Gasteiger partial charge in [-0.05, 0) is 54.9 Å². The van der Waals surface area contributed by atoms with E-state index in [2.05, 4.69) is 15.0 Å². The lowest BCUT2D eigenvalue weighted by Gasteiger charge is -2.34. The maximum atomic E-state index is 13.0. The zero-order valence-electron chi connectivity index (χ0n) is 20.4. The maximum absolute atomic E-state index is 13.0. The Morgan fingerprint density at radius 3 is 2.45 bits per heavy atom. The van der Waals surface area contributed by atoms with Gasteiger partial charge in [0.15, 0.2) is 0 Å². The van der Waals surface area contributed by atoms with Gasteiger partial charge in [-0.1, -0.05) is 0 Å². The van der Waals surface area contributed by atoms with Crippen LogP contribution >= 0.6 is 11.3 Å². The fourth-order valence-electron chi connectivity index (χ4n) is 5.73. The first-order valence-electron chi connectivity index (χ1n) is 12.6. The van der Waals surface area contributed by atoms with E-state index in [1.165, 1.54) is 11.3 Å². The molecule has 198 valence electrons. The minimum absolute atomic E-state index is 0.0253. The van der Waals surface area contributed by atoms with Crippen LogP contribution in [0.25, 0.3) is 0 Å². The van der Waals surface area contributed by atoms with Crippen LogP contribution in [0.4, 0.5) is 30.5 Å². The average molecular weight is 543 g/mol. The summed E-state index contributed by atoms with van der Waals surface area (Å²) in [5, 5.41) is 1.77. The van der Waals surface area contributed by atoms with Crippen LogP contribution in [0.1, 0.15) is 40.9 Å². The van der Waals surface area contributed by atoms with E-state index < -0.39 is 11.7 Å². The Hall–Kier alpha value is -3.54. The number of likely N-dealkylation sites (tertiary alicyclic amines) is 1. The summed E-state index contributed by atoms with van der Waals surface area (Å²) in [5.41, 5.74) is 3.97. The predicted molar refractivity (Wildman–Crippen MR) is 135 cm³/mol. The Labute approximate surface area is 221 Å². The number of aromatic nitrogens is 3. The molecular formula is C26H25F3N6O2S. The van der Waals surface area contributed by atoms with Gasteiger partial charge in [0.25, 0.3) is 5.91 Å². The summed E-state index contributed by atoms with van der Waals surface area (Å²) in [6, 6.07) is 5.77. The van der Waals surface area contributed by atoms with Gasteiger partial charge in [-0.2, -0.15) is 13.2 Å². The lowest BCUT2D eigenvalue weighted by atomic mass is 9.83. The summed E-state index contributed by atoms with van der Waals surface area (Å²) < 4.78 is 38.6. The number of halogens is 3. The van der Waals surface area contributed by atoms with Crippen molar-refractivity contribution in [3.8, 4) is 0 Å². The molecule has 2 fully saturated rings. The molecular weight excluding hydrogens is 517 g/mol. The van der Waals surface area contributed by atoms with Crippen LogP contribution in [-0.2, 0) is 17.4 Å². The third-order valence-electron chi connectivity index (χ3n) is 7.78. The maximum Gasteiger partial charge on any atom is 0.419 e. The first-order valence-corrected chi connectivity index (χ1v) is 13.5. The highest BCUT2D eigenvalue weighted by Gasteiger charge is 2.38. The van der Waals surface area contributed by atoms with Crippen molar-refractivity contribution in [1.29, 1.82) is 0 Å². The molecule has 0 unspecified atom stereocenters. The number of thiazole rings is 1. The van der Waals surface area contributed by atoms with E-state index in [1.807, 2.05) is 28.0 Å². The van der Waals surface area contributed by atoms with Crippen LogP contribution in [0.2, 0.25) is 0 Å². The van der Waals surface area contributed by atoms with E-state index in [1.54, 1.807) is 15.8 Å². The van der Waals surface area contributed by atoms with Crippen LogP contribution in [0, 0.1) is 11.8 Å². The Balaban J connectivity index is 1.10. The van der Waals surface area contributed by atoms with Crippen molar-refractivity contribution in [2.45, 2.75) is 31.9 Å². The molecule has 0 aliphatic carbocycles. The summed E-state index contributed by atoms with van der Waals surface area (Å²) >= 11 is 1.41. The first kappa shape index (κ1) is 24.8. The predicted octanol–water partition coefficient (Wildman–Crippen LogP) is 4.55. The summed E-state index contributed by atoms with van der Waals surface area (Å²) in [6.07, 6.45) is 0.0421. The molecule has 12 heteroatoms. The zero-order valence-corrected chi connectivity index (χ0v) is 21.2. The molecule has 3 aromatic rings. The van der Waals surface area contributed by atoms with Gasteiger partial charge in [0.05, 0.1) is 11.1 Å². The van der Waals surface area contributed by atoms with E-state index >= 15 is 0 Å². The van der Waals surface area contributed by atoms with E-state index in [0.717, 1.165) is 42.2 Å². The fourth-order valence-corrected chi connectivity index (χ4v) is 6.25. The lowest BCUT2D eigenvalue weighted by Crippen LogP contribution is -2.40. The largest absolute Gasteiger partial charge is 0.419 e. The van der Waals surface area contributed by atoms with Crippen molar-refractivity contribution < 1.29 is 22.8 Å². The smallest absolute Gasteiger partial charge is 0.337 e. The minimum atomic E-state index is -4.48. The van der Waals surface area contributed by atoms with Crippen LogP contribution in [-0.4, -0.2) is 57.8 Å². The Bertz CT molecular complexity index is 1340. The summed E-state index contributed by atoms with van der Waals surface area (Å²) in [7, 11) is 0. The highest BCUT2D eigenvalue weighted by Crippen LogP contribution is 2.39. The van der Waals surface area contributed by atoms with Gasteiger partial charge in [0, 0.05) is 61.7 Å². The van der Waals surface area contributed by atoms with Gasteiger partial charge in [0.1, 0.15) is 5.69 Å². The van der Waals surface area contributed by atoms with Gasteiger partial charge in [-0.3, -0.25) is 9.59 Å². The number of alkyl halides is 3. The Morgan fingerprint density at radius 2 is 1.76 bits per heavy atom. The topological polar surface area (TPSA) is 82.5 Å². The molecule has 0 N–H and O–H groups in total. The minimum Gasteiger partial charge on any atom is -0.337 e. The molecule has 1 aromatic carbocycles. The van der Waals surface area contributed by atoms with Crippen LogP contribution in [0.15, 0.2) is 41.5 Å². The van der Waals surface area contributed by atoms with Crippen LogP contribution in [0.5, 0.6) is 0 Å². The molecule has 1 atom stereocenters. The number of nitrogens with zero attached hydrogens (tertiary/aromatic N) is 6. The Morgan fingerprint density at radius 1 is 1.00 bits per heavy atom. The van der Waals surface area contributed by atoms with Crippen LogP contribution in [0.3, 0.4) is 0 Å². The quantitative estimate of drug-likeness (QED) is 0.481. The number of anilines is 3. The molecule has 8 nitrogen and oxygen atoms in total. The first-order chi connectivity index (χ1) is 18.3. The number of fused-ring (bicyclic) bond motifs is 1.